The van der Waals surface area contributed by atoms with Gasteiger partial charge in [-0.25, -0.2) is 8.78 Å². The lowest BCUT2D eigenvalue weighted by Gasteiger charge is -2.11. The first kappa shape index (κ1) is 16.0. The van der Waals surface area contributed by atoms with Gasteiger partial charge in [-0.1, -0.05) is 19.4 Å². The Kier molecular flexibility index (Phi) is 6.05. The number of anilines is 1. The predicted molar refractivity (Wildman–Crippen MR) is 68.9 cm³/mol. The molecule has 7 heteroatoms. The quantitative estimate of drug-likeness (QED) is 0.711. The molecule has 2 amide bonds. The zero-order valence-corrected chi connectivity index (χ0v) is 11.0. The molecule has 0 aromatic heterocycles. The van der Waals surface area contributed by atoms with Gasteiger partial charge in [-0.05, 0) is 18.6 Å². The fourth-order valence-electron chi connectivity index (χ4n) is 1.51. The fraction of sp³-hybridized carbons (Fsp3) is 0.385. The van der Waals surface area contributed by atoms with Gasteiger partial charge < -0.3 is 15.7 Å². The standard InChI is InChI=1S/C13H16F2N2O3/c1-2-4-8(18)7-16-12(19)13(20)17-11-9(14)5-3-6-10(11)15/h3,5-6,8,18H,2,4,7H2,1H3,(H,16,19)(H,17,20). The molecule has 0 saturated heterocycles. The summed E-state index contributed by atoms with van der Waals surface area (Å²) < 4.78 is 26.5. The lowest BCUT2D eigenvalue weighted by Crippen LogP contribution is -2.39. The Morgan fingerprint density at radius 3 is 2.40 bits per heavy atom. The van der Waals surface area contributed by atoms with Gasteiger partial charge in [0.2, 0.25) is 0 Å². The average Bonchev–Trinajstić information content (AvgIpc) is 2.40. The number of hydrogen-bond donors (Lipinski definition) is 3. The van der Waals surface area contributed by atoms with Crippen LogP contribution in [-0.2, 0) is 9.59 Å². The lowest BCUT2D eigenvalue weighted by molar-refractivity contribution is -0.136. The van der Waals surface area contributed by atoms with Gasteiger partial charge in [-0.3, -0.25) is 9.59 Å². The summed E-state index contributed by atoms with van der Waals surface area (Å²) in [7, 11) is 0. The molecule has 110 valence electrons. The molecule has 0 fully saturated rings. The second-order valence-corrected chi connectivity index (χ2v) is 4.20. The van der Waals surface area contributed by atoms with E-state index in [1.165, 1.54) is 0 Å². The van der Waals surface area contributed by atoms with Gasteiger partial charge in [0.05, 0.1) is 6.10 Å². The summed E-state index contributed by atoms with van der Waals surface area (Å²) in [4.78, 5) is 22.8. The Morgan fingerprint density at radius 1 is 1.25 bits per heavy atom. The van der Waals surface area contributed by atoms with Crippen LogP contribution in [0.1, 0.15) is 19.8 Å². The van der Waals surface area contributed by atoms with Gasteiger partial charge >= 0.3 is 11.8 Å². The highest BCUT2D eigenvalue weighted by Crippen LogP contribution is 2.17. The van der Waals surface area contributed by atoms with E-state index in [0.29, 0.717) is 6.42 Å². The summed E-state index contributed by atoms with van der Waals surface area (Å²) in [6.07, 6.45) is 0.440. The van der Waals surface area contributed by atoms with E-state index in [1.54, 1.807) is 0 Å². The van der Waals surface area contributed by atoms with Crippen molar-refractivity contribution in [3.8, 4) is 0 Å². The van der Waals surface area contributed by atoms with E-state index in [0.717, 1.165) is 24.6 Å². The Hall–Kier alpha value is -2.02. The topological polar surface area (TPSA) is 78.4 Å². The highest BCUT2D eigenvalue weighted by Gasteiger charge is 2.18. The number of carbonyl (C=O) groups is 2. The molecule has 5 nitrogen and oxygen atoms in total. The molecule has 20 heavy (non-hydrogen) atoms. The molecule has 0 spiro atoms. The van der Waals surface area contributed by atoms with Crippen LogP contribution < -0.4 is 10.6 Å². The highest BCUT2D eigenvalue weighted by atomic mass is 19.1. The Labute approximate surface area is 115 Å². The first-order valence-electron chi connectivity index (χ1n) is 6.17. The third-order valence-electron chi connectivity index (χ3n) is 2.53. The molecular weight excluding hydrogens is 270 g/mol. The van der Waals surface area contributed by atoms with Crippen molar-refractivity contribution in [2.75, 3.05) is 11.9 Å². The summed E-state index contributed by atoms with van der Waals surface area (Å²) in [6.45, 7) is 1.76. The predicted octanol–water partition coefficient (Wildman–Crippen LogP) is 1.18. The maximum Gasteiger partial charge on any atom is 0.313 e. The van der Waals surface area contributed by atoms with E-state index in [1.807, 2.05) is 12.2 Å². The molecule has 1 atom stereocenters. The third kappa shape index (κ3) is 4.58. The zero-order chi connectivity index (χ0) is 15.1. The summed E-state index contributed by atoms with van der Waals surface area (Å²) in [5.41, 5.74) is -0.679. The van der Waals surface area contributed by atoms with Gasteiger partial charge in [0, 0.05) is 6.54 Å². The maximum atomic E-state index is 13.3. The van der Waals surface area contributed by atoms with Crippen LogP contribution in [0, 0.1) is 11.6 Å². The molecule has 0 bridgehead atoms. The number of amides is 2. The molecule has 1 aromatic rings. The number of para-hydroxylation sites is 1. The summed E-state index contributed by atoms with van der Waals surface area (Å²) >= 11 is 0. The van der Waals surface area contributed by atoms with Crippen molar-refractivity contribution in [2.24, 2.45) is 0 Å². The second-order valence-electron chi connectivity index (χ2n) is 4.20. The molecule has 0 saturated carbocycles. The van der Waals surface area contributed by atoms with E-state index in [2.05, 4.69) is 5.32 Å². The Bertz CT molecular complexity index is 474. The van der Waals surface area contributed by atoms with Crippen LogP contribution in [0.4, 0.5) is 14.5 Å². The number of aliphatic hydroxyl groups excluding tert-OH is 1. The fourth-order valence-corrected chi connectivity index (χ4v) is 1.51. The van der Waals surface area contributed by atoms with Crippen LogP contribution >= 0.6 is 0 Å². The number of rotatable bonds is 5. The Morgan fingerprint density at radius 2 is 1.85 bits per heavy atom. The molecule has 1 aromatic carbocycles. The third-order valence-corrected chi connectivity index (χ3v) is 2.53. The second kappa shape index (κ2) is 7.54. The molecule has 3 N–H and O–H groups in total. The Balaban J connectivity index is 2.56. The molecule has 0 radical (unpaired) electrons. The minimum Gasteiger partial charge on any atom is -0.391 e. The number of halogens is 2. The monoisotopic (exact) mass is 286 g/mol. The van der Waals surface area contributed by atoms with Gasteiger partial charge in [0.15, 0.2) is 0 Å². The number of hydrogen-bond acceptors (Lipinski definition) is 3. The summed E-state index contributed by atoms with van der Waals surface area (Å²) in [5, 5.41) is 13.4. The van der Waals surface area contributed by atoms with Crippen molar-refractivity contribution in [2.45, 2.75) is 25.9 Å². The minimum atomic E-state index is -1.20. The minimum absolute atomic E-state index is 0.0974. The van der Waals surface area contributed by atoms with Crippen molar-refractivity contribution >= 4 is 17.5 Å². The van der Waals surface area contributed by atoms with Crippen LogP contribution in [0.25, 0.3) is 0 Å². The number of benzene rings is 1. The first-order chi connectivity index (χ1) is 9.45. The lowest BCUT2D eigenvalue weighted by atomic mass is 10.2. The molecule has 0 aliphatic heterocycles. The van der Waals surface area contributed by atoms with Crippen molar-refractivity contribution < 1.29 is 23.5 Å². The van der Waals surface area contributed by atoms with Crippen molar-refractivity contribution in [1.82, 2.24) is 5.32 Å². The van der Waals surface area contributed by atoms with E-state index in [-0.39, 0.29) is 6.54 Å². The van der Waals surface area contributed by atoms with Crippen LogP contribution in [0.5, 0.6) is 0 Å². The maximum absolute atomic E-state index is 13.3. The number of carbonyl (C=O) groups excluding carboxylic acids is 2. The molecule has 1 unspecified atom stereocenters. The van der Waals surface area contributed by atoms with Gasteiger partial charge in [0.25, 0.3) is 0 Å². The van der Waals surface area contributed by atoms with Crippen molar-refractivity contribution in [1.29, 1.82) is 0 Å². The first-order valence-corrected chi connectivity index (χ1v) is 6.17. The summed E-state index contributed by atoms with van der Waals surface area (Å²) in [6, 6.07) is 3.06. The van der Waals surface area contributed by atoms with Crippen LogP contribution in [-0.4, -0.2) is 29.6 Å². The molecule has 0 heterocycles. The van der Waals surface area contributed by atoms with Crippen LogP contribution in [0.3, 0.4) is 0 Å². The smallest absolute Gasteiger partial charge is 0.313 e. The molecule has 0 aliphatic carbocycles. The van der Waals surface area contributed by atoms with Gasteiger partial charge in [-0.2, -0.15) is 0 Å². The van der Waals surface area contributed by atoms with Gasteiger partial charge in [0.1, 0.15) is 17.3 Å². The molecular formula is C13H16F2N2O3. The van der Waals surface area contributed by atoms with Crippen LogP contribution in [0.15, 0.2) is 18.2 Å². The number of nitrogens with one attached hydrogen (secondary N) is 2. The molecule has 0 aliphatic rings. The van der Waals surface area contributed by atoms with E-state index >= 15 is 0 Å². The average molecular weight is 286 g/mol. The van der Waals surface area contributed by atoms with E-state index < -0.39 is 35.2 Å². The van der Waals surface area contributed by atoms with E-state index in [9.17, 15) is 23.5 Å². The summed E-state index contributed by atoms with van der Waals surface area (Å²) in [5.74, 6) is -4.21. The van der Waals surface area contributed by atoms with Crippen molar-refractivity contribution in [3.05, 3.63) is 29.8 Å². The van der Waals surface area contributed by atoms with Crippen molar-refractivity contribution in [3.63, 3.8) is 0 Å². The van der Waals surface area contributed by atoms with Gasteiger partial charge in [-0.15, -0.1) is 0 Å². The van der Waals surface area contributed by atoms with E-state index in [4.69, 9.17) is 0 Å². The normalized spacial score (nSPS) is 11.8. The molecule has 1 rings (SSSR count). The number of aliphatic hydroxyl groups is 1. The SMILES string of the molecule is CCCC(O)CNC(=O)C(=O)Nc1c(F)cccc1F. The zero-order valence-electron chi connectivity index (χ0n) is 11.0. The largest absolute Gasteiger partial charge is 0.391 e. The van der Waals surface area contributed by atoms with Crippen LogP contribution in [0.2, 0.25) is 0 Å². The highest BCUT2D eigenvalue weighted by molar-refractivity contribution is 6.39.